The summed E-state index contributed by atoms with van der Waals surface area (Å²) in [5, 5.41) is 10.9. The van der Waals surface area contributed by atoms with Crippen LogP contribution in [0.5, 0.6) is 0 Å². The molecule has 25 heavy (non-hydrogen) atoms. The van der Waals surface area contributed by atoms with Gasteiger partial charge in [-0.3, -0.25) is 9.59 Å². The molecule has 1 aliphatic rings. The van der Waals surface area contributed by atoms with Crippen LogP contribution in [0.1, 0.15) is 17.7 Å². The Balaban J connectivity index is 1.46. The number of piperidine rings is 1. The Morgan fingerprint density at radius 1 is 1.36 bits per heavy atom. The van der Waals surface area contributed by atoms with E-state index in [1.807, 2.05) is 10.6 Å². The molecule has 2 amide bonds. The smallest absolute Gasteiger partial charge is 0.233 e. The van der Waals surface area contributed by atoms with Crippen LogP contribution in [0, 0.1) is 5.92 Å². The van der Waals surface area contributed by atoms with Gasteiger partial charge in [0, 0.05) is 30.4 Å². The quantitative estimate of drug-likeness (QED) is 0.734. The maximum absolute atomic E-state index is 12.4. The number of rotatable bonds is 7. The van der Waals surface area contributed by atoms with E-state index in [1.165, 1.54) is 16.6 Å². The Bertz CT molecular complexity index is 708. The van der Waals surface area contributed by atoms with Gasteiger partial charge in [-0.25, -0.2) is 0 Å². The van der Waals surface area contributed by atoms with Gasteiger partial charge in [-0.2, -0.15) is 0 Å². The second-order valence-electron chi connectivity index (χ2n) is 5.98. The third kappa shape index (κ3) is 4.82. The van der Waals surface area contributed by atoms with E-state index in [9.17, 15) is 9.59 Å². The van der Waals surface area contributed by atoms with Gasteiger partial charge in [-0.05, 0) is 30.7 Å². The molecule has 9 heteroatoms. The molecule has 1 fully saturated rings. The van der Waals surface area contributed by atoms with Gasteiger partial charge < -0.3 is 15.2 Å². The van der Waals surface area contributed by atoms with E-state index in [2.05, 4.69) is 21.6 Å². The summed E-state index contributed by atoms with van der Waals surface area (Å²) in [5.41, 5.74) is 5.33. The summed E-state index contributed by atoms with van der Waals surface area (Å²) in [6, 6.07) is 4.16. The molecule has 7 nitrogen and oxygen atoms in total. The van der Waals surface area contributed by atoms with E-state index < -0.39 is 0 Å². The van der Waals surface area contributed by atoms with Gasteiger partial charge in [-0.1, -0.05) is 17.8 Å². The first-order valence-electron chi connectivity index (χ1n) is 8.23. The van der Waals surface area contributed by atoms with Crippen molar-refractivity contribution in [2.75, 3.05) is 18.8 Å². The van der Waals surface area contributed by atoms with Gasteiger partial charge in [0.25, 0.3) is 0 Å². The summed E-state index contributed by atoms with van der Waals surface area (Å²) >= 11 is 3.14. The van der Waals surface area contributed by atoms with Crippen molar-refractivity contribution < 1.29 is 9.59 Å². The van der Waals surface area contributed by atoms with E-state index in [0.29, 0.717) is 31.7 Å². The number of thioether (sulfide) groups is 1. The lowest BCUT2D eigenvalue weighted by molar-refractivity contribution is -0.132. The van der Waals surface area contributed by atoms with Gasteiger partial charge in [0.1, 0.15) is 6.33 Å². The van der Waals surface area contributed by atoms with Crippen LogP contribution in [0.15, 0.2) is 29.0 Å². The second-order valence-corrected chi connectivity index (χ2v) is 7.96. The number of carbonyl (C=O) groups is 2. The third-order valence-electron chi connectivity index (χ3n) is 4.33. The zero-order valence-electron chi connectivity index (χ0n) is 13.8. The Morgan fingerprint density at radius 2 is 2.16 bits per heavy atom. The molecule has 2 aromatic rings. The lowest BCUT2D eigenvalue weighted by Gasteiger charge is -2.30. The van der Waals surface area contributed by atoms with E-state index in [0.717, 1.165) is 18.1 Å². The first kappa shape index (κ1) is 17.9. The number of likely N-dealkylation sites (tertiary alicyclic amines) is 1. The van der Waals surface area contributed by atoms with Crippen LogP contribution in [0.4, 0.5) is 0 Å². The molecule has 0 spiro atoms. The number of nitrogens with zero attached hydrogens (tertiary/aromatic N) is 4. The summed E-state index contributed by atoms with van der Waals surface area (Å²) in [5.74, 6) is 0.0388. The second kappa shape index (κ2) is 8.48. The fraction of sp³-hybridized carbons (Fsp3) is 0.500. The molecule has 0 saturated carbocycles. The molecule has 3 heterocycles. The highest BCUT2D eigenvalue weighted by Gasteiger charge is 2.26. The molecule has 0 bridgehead atoms. The van der Waals surface area contributed by atoms with Crippen LogP contribution in [0.2, 0.25) is 0 Å². The van der Waals surface area contributed by atoms with Crippen LogP contribution in [0.25, 0.3) is 0 Å². The van der Waals surface area contributed by atoms with Crippen molar-refractivity contribution in [3.63, 3.8) is 0 Å². The number of amides is 2. The number of thiophene rings is 1. The molecule has 0 aromatic carbocycles. The maximum atomic E-state index is 12.4. The number of hydrogen-bond donors (Lipinski definition) is 1. The maximum Gasteiger partial charge on any atom is 0.233 e. The molecule has 0 radical (unpaired) electrons. The van der Waals surface area contributed by atoms with Crippen molar-refractivity contribution in [3.8, 4) is 0 Å². The van der Waals surface area contributed by atoms with E-state index in [-0.39, 0.29) is 17.7 Å². The largest absolute Gasteiger partial charge is 0.369 e. The minimum absolute atomic E-state index is 0.0701. The van der Waals surface area contributed by atoms with E-state index >= 15 is 0 Å². The van der Waals surface area contributed by atoms with Crippen molar-refractivity contribution in [1.29, 1.82) is 0 Å². The van der Waals surface area contributed by atoms with Gasteiger partial charge in [0.2, 0.25) is 11.8 Å². The summed E-state index contributed by atoms with van der Waals surface area (Å²) in [7, 11) is 0. The molecule has 1 aliphatic heterocycles. The third-order valence-corrected chi connectivity index (χ3v) is 6.24. The van der Waals surface area contributed by atoms with Gasteiger partial charge in [-0.15, -0.1) is 21.5 Å². The predicted octanol–water partition coefficient (Wildman–Crippen LogP) is 1.40. The summed E-state index contributed by atoms with van der Waals surface area (Å²) < 4.78 is 1.98. The van der Waals surface area contributed by atoms with Gasteiger partial charge >= 0.3 is 0 Å². The van der Waals surface area contributed by atoms with Crippen LogP contribution in [0.3, 0.4) is 0 Å². The van der Waals surface area contributed by atoms with Crippen LogP contribution in [-0.4, -0.2) is 50.3 Å². The molecular formula is C16H21N5O2S2. The molecule has 2 N–H and O–H groups in total. The lowest BCUT2D eigenvalue weighted by atomic mass is 9.96. The first-order chi connectivity index (χ1) is 12.1. The van der Waals surface area contributed by atoms with Gasteiger partial charge in [0.15, 0.2) is 5.16 Å². The highest BCUT2D eigenvalue weighted by atomic mass is 32.2. The molecule has 0 aliphatic carbocycles. The summed E-state index contributed by atoms with van der Waals surface area (Å²) in [6.45, 7) is 1.99. The number of hydrogen-bond acceptors (Lipinski definition) is 6. The topological polar surface area (TPSA) is 94.1 Å². The zero-order valence-corrected chi connectivity index (χ0v) is 15.5. The Labute approximate surface area is 154 Å². The number of aryl methyl sites for hydroxylation is 2. The fourth-order valence-corrected chi connectivity index (χ4v) is 4.37. The lowest BCUT2D eigenvalue weighted by Crippen LogP contribution is -2.42. The molecule has 3 rings (SSSR count). The highest BCUT2D eigenvalue weighted by Crippen LogP contribution is 2.20. The zero-order chi connectivity index (χ0) is 17.6. The van der Waals surface area contributed by atoms with Crippen LogP contribution in [-0.2, 0) is 22.6 Å². The SMILES string of the molecule is NC(=O)C1CCN(C(=O)CSc2nncn2CCc2cccs2)CC1. The van der Waals surface area contributed by atoms with Gasteiger partial charge in [0.05, 0.1) is 5.75 Å². The van der Waals surface area contributed by atoms with Crippen molar-refractivity contribution in [2.45, 2.75) is 31.0 Å². The first-order valence-corrected chi connectivity index (χ1v) is 10.1. The number of aromatic nitrogens is 3. The summed E-state index contributed by atoms with van der Waals surface area (Å²) in [6.07, 6.45) is 3.95. The molecule has 0 atom stereocenters. The monoisotopic (exact) mass is 379 g/mol. The van der Waals surface area contributed by atoms with Crippen molar-refractivity contribution in [2.24, 2.45) is 11.7 Å². The summed E-state index contributed by atoms with van der Waals surface area (Å²) in [4.78, 5) is 26.7. The van der Waals surface area contributed by atoms with Crippen LogP contribution < -0.4 is 5.73 Å². The highest BCUT2D eigenvalue weighted by molar-refractivity contribution is 7.99. The average molecular weight is 380 g/mol. The van der Waals surface area contributed by atoms with Crippen molar-refractivity contribution in [3.05, 3.63) is 28.7 Å². The Morgan fingerprint density at radius 3 is 2.84 bits per heavy atom. The molecule has 0 unspecified atom stereocenters. The molecule has 2 aromatic heterocycles. The minimum atomic E-state index is -0.264. The predicted molar refractivity (Wildman–Crippen MR) is 97.3 cm³/mol. The molecular weight excluding hydrogens is 358 g/mol. The van der Waals surface area contributed by atoms with Crippen LogP contribution >= 0.6 is 23.1 Å². The molecule has 1 saturated heterocycles. The molecule has 134 valence electrons. The van der Waals surface area contributed by atoms with E-state index in [4.69, 9.17) is 5.73 Å². The number of nitrogens with two attached hydrogens (primary N) is 1. The Hall–Kier alpha value is -1.87. The fourth-order valence-electron chi connectivity index (χ4n) is 2.83. The normalized spacial score (nSPS) is 15.4. The van der Waals surface area contributed by atoms with Crippen molar-refractivity contribution >= 4 is 34.9 Å². The minimum Gasteiger partial charge on any atom is -0.369 e. The van der Waals surface area contributed by atoms with Crippen molar-refractivity contribution in [1.82, 2.24) is 19.7 Å². The Kier molecular flexibility index (Phi) is 6.09. The number of carbonyl (C=O) groups excluding carboxylic acids is 2. The average Bonchev–Trinajstić information content (AvgIpc) is 3.29. The number of primary amides is 1. The standard InChI is InChI=1S/C16H21N5O2S2/c17-15(23)12-3-6-20(7-4-12)14(22)10-25-16-19-18-11-21(16)8-5-13-2-1-9-24-13/h1-2,9,11-12H,3-8,10H2,(H2,17,23). The van der Waals surface area contributed by atoms with E-state index in [1.54, 1.807) is 22.6 Å².